The van der Waals surface area contributed by atoms with Crippen molar-refractivity contribution < 1.29 is 19.1 Å². The van der Waals surface area contributed by atoms with E-state index in [1.54, 1.807) is 0 Å². The number of esters is 1. The fourth-order valence-electron chi connectivity index (χ4n) is 2.30. The molecule has 6 nitrogen and oxygen atoms in total. The first-order valence-electron chi connectivity index (χ1n) is 6.71. The van der Waals surface area contributed by atoms with Crippen molar-refractivity contribution >= 4 is 17.8 Å². The van der Waals surface area contributed by atoms with Crippen LogP contribution in [0, 0.1) is 5.92 Å². The van der Waals surface area contributed by atoms with Gasteiger partial charge in [-0.15, -0.1) is 0 Å². The number of nitrogens with one attached hydrogen (secondary N) is 1. The highest BCUT2D eigenvalue weighted by atomic mass is 16.5. The minimum atomic E-state index is -0.798. The summed E-state index contributed by atoms with van der Waals surface area (Å²) < 4.78 is 4.50. The summed E-state index contributed by atoms with van der Waals surface area (Å²) in [7, 11) is 1.28. The van der Waals surface area contributed by atoms with Crippen molar-refractivity contribution in [3.05, 3.63) is 0 Å². The Labute approximate surface area is 113 Å². The number of amides is 2. The Morgan fingerprint density at radius 3 is 2.42 bits per heavy atom. The number of carbonyl (C=O) groups excluding carboxylic acids is 3. The van der Waals surface area contributed by atoms with Gasteiger partial charge >= 0.3 is 5.97 Å². The highest BCUT2D eigenvalue weighted by Gasteiger charge is 2.25. The molecule has 19 heavy (non-hydrogen) atoms. The van der Waals surface area contributed by atoms with Crippen molar-refractivity contribution in [3.8, 4) is 0 Å². The molecule has 0 aromatic carbocycles. The predicted octanol–water partition coefficient (Wildman–Crippen LogP) is 0.490. The molecule has 0 aliphatic heterocycles. The summed E-state index contributed by atoms with van der Waals surface area (Å²) in [5.74, 6) is -1.20. The van der Waals surface area contributed by atoms with E-state index in [0.717, 1.165) is 32.1 Å². The van der Waals surface area contributed by atoms with E-state index in [4.69, 9.17) is 5.73 Å². The van der Waals surface area contributed by atoms with Crippen LogP contribution < -0.4 is 11.1 Å². The van der Waals surface area contributed by atoms with Crippen LogP contribution in [-0.4, -0.2) is 30.9 Å². The van der Waals surface area contributed by atoms with Gasteiger partial charge in [0.15, 0.2) is 0 Å². The maximum Gasteiger partial charge on any atom is 0.305 e. The Bertz CT molecular complexity index is 338. The highest BCUT2D eigenvalue weighted by Crippen LogP contribution is 2.23. The molecule has 1 fully saturated rings. The van der Waals surface area contributed by atoms with Crippen LogP contribution >= 0.6 is 0 Å². The summed E-state index contributed by atoms with van der Waals surface area (Å²) >= 11 is 0. The van der Waals surface area contributed by atoms with Crippen molar-refractivity contribution in [2.24, 2.45) is 11.7 Å². The lowest BCUT2D eigenvalue weighted by atomic mass is 9.88. The molecule has 1 rings (SSSR count). The zero-order valence-electron chi connectivity index (χ0n) is 11.3. The van der Waals surface area contributed by atoms with E-state index in [-0.39, 0.29) is 24.7 Å². The molecular weight excluding hydrogens is 248 g/mol. The third kappa shape index (κ3) is 5.28. The molecule has 1 aliphatic carbocycles. The number of rotatable bonds is 6. The number of hydrogen-bond acceptors (Lipinski definition) is 4. The first-order valence-corrected chi connectivity index (χ1v) is 6.71. The quantitative estimate of drug-likeness (QED) is 0.686. The molecule has 0 radical (unpaired) electrons. The van der Waals surface area contributed by atoms with Crippen LogP contribution in [0.25, 0.3) is 0 Å². The van der Waals surface area contributed by atoms with E-state index in [2.05, 4.69) is 10.1 Å². The molecule has 2 amide bonds. The van der Waals surface area contributed by atoms with E-state index in [1.807, 2.05) is 0 Å². The number of nitrogens with two attached hydrogens (primary N) is 1. The molecule has 1 atom stereocenters. The first-order chi connectivity index (χ1) is 9.04. The van der Waals surface area contributed by atoms with Gasteiger partial charge < -0.3 is 15.8 Å². The monoisotopic (exact) mass is 270 g/mol. The Balaban J connectivity index is 2.45. The molecule has 0 saturated heterocycles. The Morgan fingerprint density at radius 2 is 1.89 bits per heavy atom. The molecule has 1 saturated carbocycles. The largest absolute Gasteiger partial charge is 0.469 e. The van der Waals surface area contributed by atoms with Crippen molar-refractivity contribution in [2.75, 3.05) is 7.11 Å². The van der Waals surface area contributed by atoms with E-state index < -0.39 is 17.9 Å². The Kier molecular flexibility index (Phi) is 6.32. The first kappa shape index (κ1) is 15.5. The van der Waals surface area contributed by atoms with Crippen LogP contribution in [0.4, 0.5) is 0 Å². The lowest BCUT2D eigenvalue weighted by Gasteiger charge is -2.23. The third-order valence-electron chi connectivity index (χ3n) is 3.50. The topological polar surface area (TPSA) is 98.5 Å². The second kappa shape index (κ2) is 7.76. The summed E-state index contributed by atoms with van der Waals surface area (Å²) in [6.07, 6.45) is 5.20. The van der Waals surface area contributed by atoms with E-state index in [9.17, 15) is 14.4 Å². The summed E-state index contributed by atoms with van der Waals surface area (Å²) in [5.41, 5.74) is 5.24. The Morgan fingerprint density at radius 1 is 1.26 bits per heavy atom. The molecule has 0 spiro atoms. The van der Waals surface area contributed by atoms with Crippen molar-refractivity contribution in [1.82, 2.24) is 5.32 Å². The van der Waals surface area contributed by atoms with E-state index in [0.29, 0.717) is 0 Å². The fourth-order valence-corrected chi connectivity index (χ4v) is 2.30. The second-order valence-corrected chi connectivity index (χ2v) is 4.91. The van der Waals surface area contributed by atoms with Gasteiger partial charge in [-0.05, 0) is 19.3 Å². The molecule has 0 aromatic rings. The van der Waals surface area contributed by atoms with Crippen molar-refractivity contribution in [2.45, 2.75) is 51.0 Å². The van der Waals surface area contributed by atoms with Gasteiger partial charge in [-0.25, -0.2) is 0 Å². The number of carbonyl (C=O) groups is 3. The molecule has 6 heteroatoms. The summed E-state index contributed by atoms with van der Waals surface area (Å²) in [6.45, 7) is 0. The zero-order chi connectivity index (χ0) is 14.3. The molecule has 0 unspecified atom stereocenters. The van der Waals surface area contributed by atoms with Crippen LogP contribution in [-0.2, 0) is 19.1 Å². The molecular formula is C13H22N2O4. The van der Waals surface area contributed by atoms with Crippen LogP contribution in [0.5, 0.6) is 0 Å². The minimum absolute atomic E-state index is 0.0336. The van der Waals surface area contributed by atoms with E-state index >= 15 is 0 Å². The lowest BCUT2D eigenvalue weighted by Crippen LogP contribution is -2.47. The smallest absolute Gasteiger partial charge is 0.305 e. The maximum absolute atomic E-state index is 12.0. The van der Waals surface area contributed by atoms with Crippen molar-refractivity contribution in [1.29, 1.82) is 0 Å². The average Bonchev–Trinajstić information content (AvgIpc) is 2.43. The summed E-state index contributed by atoms with van der Waals surface area (Å²) in [6, 6.07) is -0.798. The van der Waals surface area contributed by atoms with Crippen LogP contribution in [0.15, 0.2) is 0 Å². The van der Waals surface area contributed by atoms with Crippen LogP contribution in [0.3, 0.4) is 0 Å². The Hall–Kier alpha value is -1.59. The summed E-state index contributed by atoms with van der Waals surface area (Å²) in [5, 5.41) is 2.64. The van der Waals surface area contributed by atoms with Gasteiger partial charge in [0.1, 0.15) is 6.04 Å². The van der Waals surface area contributed by atoms with Gasteiger partial charge in [-0.1, -0.05) is 19.3 Å². The molecule has 0 aromatic heterocycles. The van der Waals surface area contributed by atoms with Gasteiger partial charge in [0.2, 0.25) is 11.8 Å². The average molecular weight is 270 g/mol. The SMILES string of the molecule is COC(=O)CC[C@H](NC(=O)C1CCCCC1)C(N)=O. The van der Waals surface area contributed by atoms with Gasteiger partial charge in [0.05, 0.1) is 7.11 Å². The number of primary amides is 1. The van der Waals surface area contributed by atoms with Gasteiger partial charge in [0.25, 0.3) is 0 Å². The minimum Gasteiger partial charge on any atom is -0.469 e. The third-order valence-corrected chi connectivity index (χ3v) is 3.50. The van der Waals surface area contributed by atoms with Crippen molar-refractivity contribution in [3.63, 3.8) is 0 Å². The predicted molar refractivity (Wildman–Crippen MR) is 69.0 cm³/mol. The fraction of sp³-hybridized carbons (Fsp3) is 0.769. The summed E-state index contributed by atoms with van der Waals surface area (Å²) in [4.78, 5) is 34.3. The number of hydrogen-bond donors (Lipinski definition) is 2. The van der Waals surface area contributed by atoms with Gasteiger partial charge in [0, 0.05) is 12.3 Å². The van der Waals surface area contributed by atoms with Crippen LogP contribution in [0.2, 0.25) is 0 Å². The molecule has 1 aliphatic rings. The number of methoxy groups -OCH3 is 1. The molecule has 0 bridgehead atoms. The molecule has 0 heterocycles. The lowest BCUT2D eigenvalue weighted by molar-refractivity contribution is -0.141. The highest BCUT2D eigenvalue weighted by molar-refractivity contribution is 5.88. The van der Waals surface area contributed by atoms with Crippen LogP contribution in [0.1, 0.15) is 44.9 Å². The van der Waals surface area contributed by atoms with E-state index in [1.165, 1.54) is 7.11 Å². The van der Waals surface area contributed by atoms with Gasteiger partial charge in [-0.3, -0.25) is 14.4 Å². The zero-order valence-corrected chi connectivity index (χ0v) is 11.3. The maximum atomic E-state index is 12.0. The number of ether oxygens (including phenoxy) is 1. The standard InChI is InChI=1S/C13H22N2O4/c1-19-11(16)8-7-10(12(14)17)15-13(18)9-5-3-2-4-6-9/h9-10H,2-8H2,1H3,(H2,14,17)(H,15,18)/t10-/m0/s1. The second-order valence-electron chi connectivity index (χ2n) is 4.91. The van der Waals surface area contributed by atoms with Gasteiger partial charge in [-0.2, -0.15) is 0 Å². The molecule has 108 valence electrons. The molecule has 3 N–H and O–H groups in total. The normalized spacial score (nSPS) is 17.5.